The third-order valence-electron chi connectivity index (χ3n) is 2.78. The Kier molecular flexibility index (Phi) is 4.97. The van der Waals surface area contributed by atoms with E-state index in [4.69, 9.17) is 15.3 Å². The van der Waals surface area contributed by atoms with Crippen LogP contribution in [-0.2, 0) is 9.53 Å². The minimum absolute atomic E-state index is 0.0604. The van der Waals surface area contributed by atoms with E-state index in [9.17, 15) is 4.79 Å². The van der Waals surface area contributed by atoms with E-state index in [0.717, 1.165) is 12.8 Å². The molecule has 1 unspecified atom stereocenters. The van der Waals surface area contributed by atoms with Gasteiger partial charge in [0.15, 0.2) is 0 Å². The summed E-state index contributed by atoms with van der Waals surface area (Å²) in [5.41, 5.74) is 0.695. The highest BCUT2D eigenvalue weighted by Crippen LogP contribution is 2.32. The average Bonchev–Trinajstić information content (AvgIpc) is 2.38. The van der Waals surface area contributed by atoms with Crippen molar-refractivity contribution < 1.29 is 9.53 Å². The highest BCUT2D eigenvalue weighted by atomic mass is 16.5. The molecule has 17 heavy (non-hydrogen) atoms. The van der Waals surface area contributed by atoms with E-state index < -0.39 is 5.92 Å². The molecule has 1 atom stereocenters. The number of allylic oxidation sites excluding steroid dienone is 1. The van der Waals surface area contributed by atoms with Gasteiger partial charge in [-0.15, -0.1) is 0 Å². The second kappa shape index (κ2) is 6.50. The normalized spacial score (nSPS) is 18.7. The first-order valence-electron chi connectivity index (χ1n) is 5.55. The monoisotopic (exact) mass is 230 g/mol. The van der Waals surface area contributed by atoms with Gasteiger partial charge < -0.3 is 4.74 Å². The van der Waals surface area contributed by atoms with E-state index in [0.29, 0.717) is 18.4 Å². The number of nitrogens with zero attached hydrogens (tertiary/aromatic N) is 2. The van der Waals surface area contributed by atoms with Gasteiger partial charge in [-0.1, -0.05) is 19.1 Å². The minimum atomic E-state index is -0.432. The largest absolute Gasteiger partial charge is 0.461 e. The van der Waals surface area contributed by atoms with Crippen molar-refractivity contribution in [2.75, 3.05) is 6.61 Å². The molecule has 0 aromatic rings. The highest BCUT2D eigenvalue weighted by molar-refractivity contribution is 5.77. The van der Waals surface area contributed by atoms with Gasteiger partial charge in [0.2, 0.25) is 0 Å². The molecule has 1 saturated carbocycles. The molecule has 0 amide bonds. The summed E-state index contributed by atoms with van der Waals surface area (Å²) in [6.45, 7) is 3.63. The molecule has 4 nitrogen and oxygen atoms in total. The zero-order valence-corrected chi connectivity index (χ0v) is 9.61. The third-order valence-corrected chi connectivity index (χ3v) is 2.78. The van der Waals surface area contributed by atoms with Crippen LogP contribution in [0.4, 0.5) is 0 Å². The predicted molar refractivity (Wildman–Crippen MR) is 61.4 cm³/mol. The van der Waals surface area contributed by atoms with Gasteiger partial charge in [0.25, 0.3) is 0 Å². The quantitative estimate of drug-likeness (QED) is 0.423. The number of carbonyl (C=O) groups excluding carboxylic acids is 1. The van der Waals surface area contributed by atoms with Gasteiger partial charge in [-0.05, 0) is 24.8 Å². The molecule has 88 valence electrons. The van der Waals surface area contributed by atoms with Gasteiger partial charge in [-0.25, -0.2) is 0 Å². The molecule has 4 heteroatoms. The summed E-state index contributed by atoms with van der Waals surface area (Å²) in [4.78, 5) is 11.8. The molecular formula is C13H14N2O2. The van der Waals surface area contributed by atoms with Gasteiger partial charge in [0.1, 0.15) is 24.3 Å². The summed E-state index contributed by atoms with van der Waals surface area (Å²) in [7, 11) is 0. The van der Waals surface area contributed by atoms with Crippen molar-refractivity contribution in [1.29, 1.82) is 10.5 Å². The van der Waals surface area contributed by atoms with Crippen molar-refractivity contribution in [2.45, 2.75) is 25.7 Å². The topological polar surface area (TPSA) is 73.9 Å². The number of carbonyl (C=O) groups is 1. The number of hydrogen-bond acceptors (Lipinski definition) is 4. The Morgan fingerprint density at radius 1 is 1.47 bits per heavy atom. The van der Waals surface area contributed by atoms with Gasteiger partial charge in [-0.3, -0.25) is 4.79 Å². The molecule has 0 aliphatic heterocycles. The van der Waals surface area contributed by atoms with E-state index in [2.05, 4.69) is 6.58 Å². The van der Waals surface area contributed by atoms with Crippen LogP contribution in [0.25, 0.3) is 0 Å². The molecule has 1 aliphatic rings. The van der Waals surface area contributed by atoms with Crippen LogP contribution in [0, 0.1) is 28.6 Å². The fourth-order valence-corrected chi connectivity index (χ4v) is 1.98. The smallest absolute Gasteiger partial charge is 0.313 e. The predicted octanol–water partition coefficient (Wildman–Crippen LogP) is 2.25. The molecule has 1 aliphatic carbocycles. The Morgan fingerprint density at radius 3 is 2.76 bits per heavy atom. The zero-order valence-electron chi connectivity index (χ0n) is 9.61. The summed E-state index contributed by atoms with van der Waals surface area (Å²) in [6, 6.07) is 3.71. The number of ether oxygens (including phenoxy) is 1. The second-order valence-electron chi connectivity index (χ2n) is 3.84. The minimum Gasteiger partial charge on any atom is -0.461 e. The molecule has 1 rings (SSSR count). The van der Waals surface area contributed by atoms with Crippen LogP contribution in [0.5, 0.6) is 0 Å². The van der Waals surface area contributed by atoms with Crippen molar-refractivity contribution in [2.24, 2.45) is 5.92 Å². The molecule has 0 aromatic heterocycles. The van der Waals surface area contributed by atoms with Gasteiger partial charge in [0.05, 0.1) is 5.92 Å². The van der Waals surface area contributed by atoms with Crippen molar-refractivity contribution >= 4 is 5.97 Å². The maximum absolute atomic E-state index is 11.8. The Morgan fingerprint density at radius 2 is 2.18 bits per heavy atom. The number of nitriles is 2. The van der Waals surface area contributed by atoms with Crippen LogP contribution in [0.15, 0.2) is 23.8 Å². The van der Waals surface area contributed by atoms with E-state index in [1.54, 1.807) is 0 Å². The van der Waals surface area contributed by atoms with Crippen LogP contribution in [0.1, 0.15) is 25.7 Å². The maximum Gasteiger partial charge on any atom is 0.313 e. The first-order valence-corrected chi connectivity index (χ1v) is 5.55. The molecular weight excluding hydrogens is 216 g/mol. The van der Waals surface area contributed by atoms with Gasteiger partial charge >= 0.3 is 5.97 Å². The summed E-state index contributed by atoms with van der Waals surface area (Å²) < 4.78 is 4.99. The summed E-state index contributed by atoms with van der Waals surface area (Å²) >= 11 is 0. The molecule has 0 radical (unpaired) electrons. The number of rotatable bonds is 3. The van der Waals surface area contributed by atoms with Crippen molar-refractivity contribution in [3.8, 4) is 12.1 Å². The zero-order chi connectivity index (χ0) is 12.7. The first kappa shape index (κ1) is 13.0. The summed E-state index contributed by atoms with van der Waals surface area (Å²) in [5.74, 6) is -0.791. The van der Waals surface area contributed by atoms with Gasteiger partial charge in [-0.2, -0.15) is 10.5 Å². The molecule has 0 aromatic carbocycles. The van der Waals surface area contributed by atoms with Crippen LogP contribution in [-0.4, -0.2) is 12.6 Å². The van der Waals surface area contributed by atoms with E-state index in [1.807, 2.05) is 12.1 Å². The van der Waals surface area contributed by atoms with Crippen LogP contribution in [0.3, 0.4) is 0 Å². The molecule has 0 saturated heterocycles. The SMILES string of the molecule is C=CCOC(=O)C1CCCCC1=C(C#N)C#N. The van der Waals surface area contributed by atoms with Crippen LogP contribution < -0.4 is 0 Å². The summed E-state index contributed by atoms with van der Waals surface area (Å²) in [6.07, 6.45) is 4.61. The lowest BCUT2D eigenvalue weighted by Crippen LogP contribution is -2.23. The lowest BCUT2D eigenvalue weighted by Gasteiger charge is -2.23. The van der Waals surface area contributed by atoms with Crippen LogP contribution >= 0.6 is 0 Å². The third kappa shape index (κ3) is 3.19. The Labute approximate surface area is 101 Å². The Hall–Kier alpha value is -2.07. The van der Waals surface area contributed by atoms with Crippen LogP contribution in [0.2, 0.25) is 0 Å². The molecule has 0 heterocycles. The molecule has 0 spiro atoms. The lowest BCUT2D eigenvalue weighted by molar-refractivity contribution is -0.146. The fraction of sp³-hybridized carbons (Fsp3) is 0.462. The standard InChI is InChI=1S/C13H14N2O2/c1-2-7-17-13(16)12-6-4-3-5-11(12)10(8-14)9-15/h2,12H,1,3-7H2. The molecule has 0 bridgehead atoms. The fourth-order valence-electron chi connectivity index (χ4n) is 1.98. The van der Waals surface area contributed by atoms with E-state index in [1.165, 1.54) is 6.08 Å². The lowest BCUT2D eigenvalue weighted by atomic mass is 9.82. The Bertz CT molecular complexity index is 408. The summed E-state index contributed by atoms with van der Waals surface area (Å²) in [5, 5.41) is 17.7. The Balaban J connectivity index is 2.91. The average molecular weight is 230 g/mol. The molecule has 0 N–H and O–H groups in total. The first-order chi connectivity index (χ1) is 8.24. The van der Waals surface area contributed by atoms with Crippen molar-refractivity contribution in [3.05, 3.63) is 23.8 Å². The van der Waals surface area contributed by atoms with Crippen molar-refractivity contribution in [1.82, 2.24) is 0 Å². The van der Waals surface area contributed by atoms with E-state index in [-0.39, 0.29) is 18.1 Å². The highest BCUT2D eigenvalue weighted by Gasteiger charge is 2.29. The molecule has 1 fully saturated rings. The van der Waals surface area contributed by atoms with Crippen molar-refractivity contribution in [3.63, 3.8) is 0 Å². The maximum atomic E-state index is 11.8. The van der Waals surface area contributed by atoms with Gasteiger partial charge in [0, 0.05) is 0 Å². The number of hydrogen-bond donors (Lipinski definition) is 0. The second-order valence-corrected chi connectivity index (χ2v) is 3.84. The number of esters is 1. The van der Waals surface area contributed by atoms with E-state index >= 15 is 0 Å².